The van der Waals surface area contributed by atoms with Gasteiger partial charge in [-0.15, -0.1) is 0 Å². The minimum atomic E-state index is -0.349. The van der Waals surface area contributed by atoms with E-state index in [-0.39, 0.29) is 24.7 Å². The summed E-state index contributed by atoms with van der Waals surface area (Å²) in [4.78, 5) is 24.5. The summed E-state index contributed by atoms with van der Waals surface area (Å²) in [5, 5.41) is 2.80. The largest absolute Gasteiger partial charge is 0.469 e. The molecule has 1 heterocycles. The number of carbonyl (C=O) groups is 2. The fraction of sp³-hybridized carbons (Fsp3) is 0.682. The van der Waals surface area contributed by atoms with Crippen molar-refractivity contribution in [3.63, 3.8) is 0 Å². The third kappa shape index (κ3) is 31.3. The van der Waals surface area contributed by atoms with E-state index in [4.69, 9.17) is 4.74 Å². The Balaban J connectivity index is 0.000000724. The van der Waals surface area contributed by atoms with Crippen molar-refractivity contribution in [2.24, 2.45) is 0 Å². The molecule has 0 unspecified atom stereocenters. The number of esters is 1. The number of carbonyl (C=O) groups excluding carboxylic acids is 2. The van der Waals surface area contributed by atoms with Gasteiger partial charge in [-0.25, -0.2) is 0 Å². The molecule has 50 heavy (non-hydrogen) atoms. The van der Waals surface area contributed by atoms with Crippen molar-refractivity contribution in [3.8, 4) is 0 Å². The van der Waals surface area contributed by atoms with Gasteiger partial charge in [-0.2, -0.15) is 0 Å². The fourth-order valence-electron chi connectivity index (χ4n) is 5.48. The van der Waals surface area contributed by atoms with Gasteiger partial charge in [0.15, 0.2) is 0 Å². The van der Waals surface area contributed by atoms with Gasteiger partial charge < -0.3 is 14.8 Å². The summed E-state index contributed by atoms with van der Waals surface area (Å²) in [7, 11) is 1.32. The van der Waals surface area contributed by atoms with E-state index in [2.05, 4.69) is 100 Å². The Hall–Kier alpha value is -2.70. The molecule has 1 N–H and O–H groups in total. The predicted octanol–water partition coefficient (Wildman–Crippen LogP) is 11.2. The molecule has 0 spiro atoms. The molecule has 286 valence electrons. The van der Waals surface area contributed by atoms with Crippen molar-refractivity contribution in [1.29, 1.82) is 0 Å². The van der Waals surface area contributed by atoms with Crippen LogP contribution in [0.3, 0.4) is 0 Å². The van der Waals surface area contributed by atoms with E-state index in [1.807, 2.05) is 0 Å². The number of morpholine rings is 1. The van der Waals surface area contributed by atoms with E-state index in [0.29, 0.717) is 6.54 Å². The topological polar surface area (TPSA) is 67.9 Å². The lowest BCUT2D eigenvalue weighted by molar-refractivity contribution is -0.142. The highest BCUT2D eigenvalue weighted by atomic mass is 16.5. The number of ether oxygens (including phenoxy) is 2. The average molecular weight is 697 g/mol. The summed E-state index contributed by atoms with van der Waals surface area (Å²) < 4.78 is 9.72. The Morgan fingerprint density at radius 2 is 1.44 bits per heavy atom. The third-order valence-electron chi connectivity index (χ3n) is 8.88. The summed E-state index contributed by atoms with van der Waals surface area (Å²) in [5.74, 6) is -0.444. The van der Waals surface area contributed by atoms with Crippen LogP contribution in [0.4, 0.5) is 0 Å². The lowest BCUT2D eigenvalue weighted by atomic mass is 9.95. The second kappa shape index (κ2) is 32.2. The maximum atomic E-state index is 11.4. The number of hydrogen-bond acceptors (Lipinski definition) is 5. The van der Waals surface area contributed by atoms with Crippen molar-refractivity contribution < 1.29 is 19.1 Å². The predicted molar refractivity (Wildman–Crippen MR) is 215 cm³/mol. The molecule has 1 aliphatic carbocycles. The van der Waals surface area contributed by atoms with Gasteiger partial charge in [0.05, 0.1) is 26.7 Å². The van der Waals surface area contributed by atoms with Crippen LogP contribution in [0.25, 0.3) is 0 Å². The van der Waals surface area contributed by atoms with Gasteiger partial charge in [-0.05, 0) is 138 Å². The molecule has 1 amide bonds. The number of rotatable bonds is 20. The molecule has 0 bridgehead atoms. The summed E-state index contributed by atoms with van der Waals surface area (Å²) in [5.41, 5.74) is 8.98. The van der Waals surface area contributed by atoms with E-state index in [9.17, 15) is 9.59 Å². The molecule has 1 aliphatic heterocycles. The first-order valence-corrected chi connectivity index (χ1v) is 19.5. The van der Waals surface area contributed by atoms with Crippen molar-refractivity contribution in [1.82, 2.24) is 10.2 Å². The third-order valence-corrected chi connectivity index (χ3v) is 8.88. The van der Waals surface area contributed by atoms with Crippen molar-refractivity contribution in [3.05, 3.63) is 70.4 Å². The Morgan fingerprint density at radius 3 is 1.98 bits per heavy atom. The van der Waals surface area contributed by atoms with E-state index < -0.39 is 0 Å². The van der Waals surface area contributed by atoms with Gasteiger partial charge in [0.25, 0.3) is 0 Å². The summed E-state index contributed by atoms with van der Waals surface area (Å²) in [6, 6.07) is 0. The zero-order valence-electron chi connectivity index (χ0n) is 33.7. The van der Waals surface area contributed by atoms with Crippen LogP contribution in [0.5, 0.6) is 0 Å². The molecule has 0 aromatic rings. The number of amides is 1. The summed E-state index contributed by atoms with van der Waals surface area (Å²) in [6.45, 7) is 24.5. The van der Waals surface area contributed by atoms with E-state index in [0.717, 1.165) is 58.5 Å². The van der Waals surface area contributed by atoms with Crippen LogP contribution in [0.15, 0.2) is 70.4 Å². The minimum absolute atomic E-state index is 0.0950. The Bertz CT molecular complexity index is 1080. The molecule has 0 aromatic heterocycles. The molecular formula is C44H76N2O4. The van der Waals surface area contributed by atoms with Gasteiger partial charge in [-0.3, -0.25) is 14.5 Å². The van der Waals surface area contributed by atoms with Gasteiger partial charge in [-0.1, -0.05) is 77.3 Å². The van der Waals surface area contributed by atoms with Crippen LogP contribution in [0.1, 0.15) is 151 Å². The second-order valence-corrected chi connectivity index (χ2v) is 14.3. The summed E-state index contributed by atoms with van der Waals surface area (Å²) in [6.07, 6.45) is 29.4. The van der Waals surface area contributed by atoms with E-state index >= 15 is 0 Å². The fourth-order valence-corrected chi connectivity index (χ4v) is 5.48. The van der Waals surface area contributed by atoms with Gasteiger partial charge in [0.1, 0.15) is 0 Å². The maximum absolute atomic E-state index is 11.4. The number of allylic oxidation sites excluding steroid dienone is 11. The SMILES string of the molecule is C=C(CC)CC/C=C(\C)CCC=C(C)C.CC(C)=CCC/C(C)=C/CCC1=CCCCC1.COC(=O)CCC(=O)NCCCN1CCOCC1. The van der Waals surface area contributed by atoms with E-state index in [1.165, 1.54) is 93.6 Å². The molecular weight excluding hydrogens is 620 g/mol. The molecule has 0 radical (unpaired) electrons. The van der Waals surface area contributed by atoms with Crippen molar-refractivity contribution in [2.45, 2.75) is 151 Å². The van der Waals surface area contributed by atoms with Crippen molar-refractivity contribution in [2.75, 3.05) is 46.5 Å². The van der Waals surface area contributed by atoms with Gasteiger partial charge in [0.2, 0.25) is 5.91 Å². The van der Waals surface area contributed by atoms with Crippen LogP contribution in [-0.4, -0.2) is 63.3 Å². The molecule has 6 heteroatoms. The van der Waals surface area contributed by atoms with Crippen LogP contribution >= 0.6 is 0 Å². The zero-order chi connectivity index (χ0) is 37.4. The lowest BCUT2D eigenvalue weighted by Crippen LogP contribution is -2.38. The number of nitrogens with zero attached hydrogens (tertiary/aromatic N) is 1. The standard InChI is InChI=1S/C17H28.C15H26.C12H22N2O4/c1-15(2)9-7-10-16(3)11-8-14-17-12-5-4-6-13-17;1-6-14(4)10-8-12-15(5)11-7-9-13(2)3;1-17-12(16)4-3-11(15)13-5-2-6-14-7-9-18-10-8-14/h9,11-12H,4-8,10,13-14H2,1-3H3;9,12H,4,6-8,10-11H2,1-3,5H3;2-10H2,1H3,(H,13,15)/b16-11+;15-12+;. The quantitative estimate of drug-likeness (QED) is 0.0779. The Labute approximate surface area is 308 Å². The normalized spacial score (nSPS) is 14.9. The van der Waals surface area contributed by atoms with Crippen LogP contribution in [-0.2, 0) is 19.1 Å². The highest BCUT2D eigenvalue weighted by molar-refractivity contribution is 5.81. The van der Waals surface area contributed by atoms with Crippen molar-refractivity contribution >= 4 is 11.9 Å². The monoisotopic (exact) mass is 697 g/mol. The highest BCUT2D eigenvalue weighted by Gasteiger charge is 2.10. The van der Waals surface area contributed by atoms with Crippen LogP contribution in [0.2, 0.25) is 0 Å². The van der Waals surface area contributed by atoms with E-state index in [1.54, 1.807) is 11.1 Å². The van der Waals surface area contributed by atoms with Gasteiger partial charge in [0, 0.05) is 26.1 Å². The minimum Gasteiger partial charge on any atom is -0.469 e. The smallest absolute Gasteiger partial charge is 0.306 e. The average Bonchev–Trinajstić information content (AvgIpc) is 3.10. The van der Waals surface area contributed by atoms with Crippen LogP contribution < -0.4 is 5.32 Å². The molecule has 0 atom stereocenters. The first kappa shape index (κ1) is 47.3. The van der Waals surface area contributed by atoms with Gasteiger partial charge >= 0.3 is 5.97 Å². The Kier molecular flexibility index (Phi) is 30.5. The number of methoxy groups -OCH3 is 1. The Morgan fingerprint density at radius 1 is 0.840 bits per heavy atom. The molecule has 2 aliphatic rings. The lowest BCUT2D eigenvalue weighted by Gasteiger charge is -2.26. The highest BCUT2D eigenvalue weighted by Crippen LogP contribution is 2.22. The molecule has 0 saturated carbocycles. The first-order chi connectivity index (χ1) is 24.0. The molecule has 1 fully saturated rings. The first-order valence-electron chi connectivity index (χ1n) is 19.5. The maximum Gasteiger partial charge on any atom is 0.306 e. The summed E-state index contributed by atoms with van der Waals surface area (Å²) >= 11 is 0. The second-order valence-electron chi connectivity index (χ2n) is 14.3. The molecule has 6 nitrogen and oxygen atoms in total. The number of hydrogen-bond donors (Lipinski definition) is 1. The molecule has 0 aromatic carbocycles. The van der Waals surface area contributed by atoms with Crippen LogP contribution in [0, 0.1) is 0 Å². The zero-order valence-corrected chi connectivity index (χ0v) is 33.7. The molecule has 1 saturated heterocycles. The molecule has 2 rings (SSSR count). The number of nitrogens with one attached hydrogen (secondary N) is 1.